The lowest BCUT2D eigenvalue weighted by molar-refractivity contribution is 0.0307. The van der Waals surface area contributed by atoms with E-state index >= 15 is 0 Å². The van der Waals surface area contributed by atoms with Gasteiger partial charge in [0.05, 0.1) is 20.9 Å². The number of benzene rings is 2. The summed E-state index contributed by atoms with van der Waals surface area (Å²) in [4.78, 5) is 17.6. The van der Waals surface area contributed by atoms with Crippen LogP contribution in [0.2, 0.25) is 0 Å². The van der Waals surface area contributed by atoms with E-state index in [1.807, 2.05) is 30.3 Å². The fourth-order valence-corrected chi connectivity index (χ4v) is 10.4. The standard InChI is InChI=1S/C35H42BrN5O4S/c1-38-34(42)45-32-10-6-9-30(32)35(24-37,26-7-4-3-5-8-26)27-15-17-40(18-16-27)19-25-20-41(21-25)28-11-13-29(14-12-28)46(43,44)33-23-39(2)22-31(33)36/h3-5,7-8,11-14,22-23,25,27,30,32H,6,9-10,15-21H2,1-2H3,(H,38,42)/t30-,32-,35?/m0/s1. The number of nitrogens with zero attached hydrogens (tertiary/aromatic N) is 4. The summed E-state index contributed by atoms with van der Waals surface area (Å²) < 4.78 is 34.4. The highest BCUT2D eigenvalue weighted by Gasteiger charge is 2.53. The van der Waals surface area contributed by atoms with E-state index < -0.39 is 21.3 Å². The minimum absolute atomic E-state index is 0.0375. The third-order valence-corrected chi connectivity index (χ3v) is 13.0. The van der Waals surface area contributed by atoms with Crippen molar-refractivity contribution < 1.29 is 17.9 Å². The van der Waals surface area contributed by atoms with Crippen molar-refractivity contribution in [2.45, 2.75) is 53.4 Å². The zero-order valence-corrected chi connectivity index (χ0v) is 28.8. The highest BCUT2D eigenvalue weighted by molar-refractivity contribution is 9.10. The summed E-state index contributed by atoms with van der Waals surface area (Å²) in [7, 11) is -0.219. The van der Waals surface area contributed by atoms with Gasteiger partial charge in [-0.2, -0.15) is 5.26 Å². The van der Waals surface area contributed by atoms with Crippen molar-refractivity contribution in [3.05, 3.63) is 77.0 Å². The number of nitrogens with one attached hydrogen (secondary N) is 1. The van der Waals surface area contributed by atoms with Crippen LogP contribution in [0.4, 0.5) is 10.5 Å². The van der Waals surface area contributed by atoms with Crippen LogP contribution < -0.4 is 10.2 Å². The first-order chi connectivity index (χ1) is 22.1. The van der Waals surface area contributed by atoms with Crippen LogP contribution in [0.1, 0.15) is 37.7 Å². The van der Waals surface area contributed by atoms with Gasteiger partial charge < -0.3 is 24.4 Å². The Balaban J connectivity index is 1.07. The maximum Gasteiger partial charge on any atom is 0.407 e. The van der Waals surface area contributed by atoms with Crippen LogP contribution in [-0.2, 0) is 27.0 Å². The summed E-state index contributed by atoms with van der Waals surface area (Å²) >= 11 is 3.37. The lowest BCUT2D eigenvalue weighted by atomic mass is 9.59. The van der Waals surface area contributed by atoms with Gasteiger partial charge in [-0.1, -0.05) is 30.3 Å². The zero-order valence-electron chi connectivity index (χ0n) is 26.4. The Labute approximate surface area is 280 Å². The van der Waals surface area contributed by atoms with Gasteiger partial charge in [-0.15, -0.1) is 0 Å². The molecule has 6 rings (SSSR count). The molecule has 3 atom stereocenters. The van der Waals surface area contributed by atoms with Crippen LogP contribution in [-0.4, -0.2) is 69.9 Å². The van der Waals surface area contributed by atoms with Gasteiger partial charge in [-0.05, 0) is 96.9 Å². The topological polar surface area (TPSA) is 108 Å². The van der Waals surface area contributed by atoms with E-state index in [4.69, 9.17) is 4.74 Å². The Morgan fingerprint density at radius 2 is 1.74 bits per heavy atom. The van der Waals surface area contributed by atoms with Crippen molar-refractivity contribution >= 4 is 37.5 Å². The molecule has 9 nitrogen and oxygen atoms in total. The monoisotopic (exact) mass is 707 g/mol. The maximum absolute atomic E-state index is 13.1. The fourth-order valence-electron chi connectivity index (χ4n) is 8.01. The summed E-state index contributed by atoms with van der Waals surface area (Å²) in [6.45, 7) is 4.75. The Hall–Kier alpha value is -3.33. The van der Waals surface area contributed by atoms with E-state index in [0.29, 0.717) is 10.4 Å². The maximum atomic E-state index is 13.1. The van der Waals surface area contributed by atoms with E-state index in [0.717, 1.165) is 76.1 Å². The molecule has 1 aromatic heterocycles. The number of rotatable bonds is 9. The average molecular weight is 709 g/mol. The minimum atomic E-state index is -3.60. The van der Waals surface area contributed by atoms with E-state index in [-0.39, 0.29) is 27.7 Å². The molecule has 3 aliphatic rings. The average Bonchev–Trinajstić information content (AvgIpc) is 3.66. The minimum Gasteiger partial charge on any atom is -0.446 e. The van der Waals surface area contributed by atoms with Crippen molar-refractivity contribution in [1.29, 1.82) is 5.26 Å². The number of anilines is 1. The molecular weight excluding hydrogens is 666 g/mol. The molecule has 1 saturated carbocycles. The van der Waals surface area contributed by atoms with Gasteiger partial charge in [0, 0.05) is 63.6 Å². The van der Waals surface area contributed by atoms with E-state index in [1.54, 1.807) is 43.2 Å². The third kappa shape index (κ3) is 6.19. The smallest absolute Gasteiger partial charge is 0.407 e. The molecule has 1 amide bonds. The molecule has 2 aromatic carbocycles. The SMILES string of the molecule is CNC(=O)O[C@H]1CCC[C@@H]1C(C#N)(c1ccccc1)C1CCN(CC2CN(c3ccc(S(=O)(=O)c4cn(C)cc4Br)cc3)C2)CC1. The molecule has 1 unspecified atom stereocenters. The molecule has 3 aromatic rings. The zero-order chi connectivity index (χ0) is 32.5. The molecule has 244 valence electrons. The van der Waals surface area contributed by atoms with Gasteiger partial charge in [0.1, 0.15) is 11.0 Å². The van der Waals surface area contributed by atoms with Crippen molar-refractivity contribution in [3.8, 4) is 6.07 Å². The number of alkyl carbamates (subject to hydrolysis) is 1. The number of piperidine rings is 1. The predicted octanol–water partition coefficient (Wildman–Crippen LogP) is 5.75. The first-order valence-electron chi connectivity index (χ1n) is 16.1. The molecule has 0 radical (unpaired) electrons. The van der Waals surface area contributed by atoms with E-state index in [1.165, 1.54) is 0 Å². The molecule has 1 N–H and O–H groups in total. The second-order valence-corrected chi connectivity index (χ2v) is 15.8. The number of hydrogen-bond donors (Lipinski definition) is 1. The van der Waals surface area contributed by atoms with Crippen molar-refractivity contribution in [3.63, 3.8) is 0 Å². The van der Waals surface area contributed by atoms with Crippen LogP contribution in [0, 0.1) is 29.1 Å². The number of aromatic nitrogens is 1. The molecule has 3 heterocycles. The first kappa shape index (κ1) is 32.6. The van der Waals surface area contributed by atoms with Gasteiger partial charge in [0.15, 0.2) is 0 Å². The molecule has 46 heavy (non-hydrogen) atoms. The predicted molar refractivity (Wildman–Crippen MR) is 180 cm³/mol. The number of aryl methyl sites for hydroxylation is 1. The summed E-state index contributed by atoms with van der Waals surface area (Å²) in [6, 6.07) is 20.2. The number of hydrogen-bond acceptors (Lipinski definition) is 7. The van der Waals surface area contributed by atoms with Gasteiger partial charge >= 0.3 is 6.09 Å². The number of amides is 1. The molecule has 11 heteroatoms. The third-order valence-electron chi connectivity index (χ3n) is 10.3. The first-order valence-corrected chi connectivity index (χ1v) is 18.4. The summed E-state index contributed by atoms with van der Waals surface area (Å²) in [5.41, 5.74) is 1.37. The van der Waals surface area contributed by atoms with Crippen LogP contribution in [0.25, 0.3) is 0 Å². The van der Waals surface area contributed by atoms with Crippen LogP contribution in [0.3, 0.4) is 0 Å². The highest BCUT2D eigenvalue weighted by atomic mass is 79.9. The number of nitriles is 1. The number of carbonyl (C=O) groups excluding carboxylic acids is 1. The van der Waals surface area contributed by atoms with Gasteiger partial charge in [-0.3, -0.25) is 0 Å². The van der Waals surface area contributed by atoms with Gasteiger partial charge in [0.25, 0.3) is 0 Å². The summed E-state index contributed by atoms with van der Waals surface area (Å²) in [5, 5.41) is 13.5. The second-order valence-electron chi connectivity index (χ2n) is 13.1. The molecule has 0 bridgehead atoms. The van der Waals surface area contributed by atoms with Crippen LogP contribution >= 0.6 is 15.9 Å². The van der Waals surface area contributed by atoms with Crippen molar-refractivity contribution in [2.75, 3.05) is 44.7 Å². The number of sulfone groups is 1. The molecule has 0 spiro atoms. The number of halogens is 1. The molecule has 3 fully saturated rings. The fraction of sp³-hybridized carbons (Fsp3) is 0.486. The largest absolute Gasteiger partial charge is 0.446 e. The van der Waals surface area contributed by atoms with Crippen LogP contribution in [0.15, 0.2) is 81.3 Å². The normalized spacial score (nSPS) is 22.5. The van der Waals surface area contributed by atoms with Crippen LogP contribution in [0.5, 0.6) is 0 Å². The number of carbonyl (C=O) groups is 1. The Morgan fingerprint density at radius 1 is 1.04 bits per heavy atom. The van der Waals surface area contributed by atoms with Gasteiger partial charge in [-0.25, -0.2) is 13.2 Å². The highest BCUT2D eigenvalue weighted by Crippen LogP contribution is 2.51. The Kier molecular flexibility index (Phi) is 9.51. The molecule has 2 saturated heterocycles. The summed E-state index contributed by atoms with van der Waals surface area (Å²) in [5.74, 6) is 0.680. The second kappa shape index (κ2) is 13.4. The van der Waals surface area contributed by atoms with E-state index in [9.17, 15) is 18.5 Å². The lowest BCUT2D eigenvalue weighted by Gasteiger charge is -2.47. The molecule has 2 aliphatic heterocycles. The Morgan fingerprint density at radius 3 is 2.35 bits per heavy atom. The quantitative estimate of drug-likeness (QED) is 0.302. The molecular formula is C35H42BrN5O4S. The van der Waals surface area contributed by atoms with E-state index in [2.05, 4.69) is 49.2 Å². The van der Waals surface area contributed by atoms with Gasteiger partial charge in [0.2, 0.25) is 9.84 Å². The molecule has 1 aliphatic carbocycles. The number of ether oxygens (including phenoxy) is 1. The number of likely N-dealkylation sites (tertiary alicyclic amines) is 1. The van der Waals surface area contributed by atoms with Crippen molar-refractivity contribution in [1.82, 2.24) is 14.8 Å². The summed E-state index contributed by atoms with van der Waals surface area (Å²) in [6.07, 6.45) is 7.12. The lowest BCUT2D eigenvalue weighted by Crippen LogP contribution is -2.54. The Bertz CT molecular complexity index is 1680. The van der Waals surface area contributed by atoms with Crippen molar-refractivity contribution in [2.24, 2.45) is 24.8 Å².